The molecular formula is C27H40FNO3S. The first-order valence-corrected chi connectivity index (χ1v) is 13.0. The number of halogens is 1. The average molecular weight is 478 g/mol. The number of nitrogens with zero attached hydrogens (tertiary/aromatic N) is 1. The van der Waals surface area contributed by atoms with Crippen LogP contribution in [-0.2, 0) is 14.3 Å². The lowest BCUT2D eigenvalue weighted by Gasteiger charge is -2.29. The van der Waals surface area contributed by atoms with Gasteiger partial charge in [0.25, 0.3) is 0 Å². The Morgan fingerprint density at radius 2 is 2.03 bits per heavy atom. The molecule has 1 aliphatic heterocycles. The van der Waals surface area contributed by atoms with Gasteiger partial charge in [0.1, 0.15) is 17.4 Å². The lowest BCUT2D eigenvalue weighted by molar-refractivity contribution is -0.133. The minimum absolute atomic E-state index is 0.00165. The zero-order valence-corrected chi connectivity index (χ0v) is 21.9. The molecule has 33 heavy (non-hydrogen) atoms. The Labute approximate surface area is 202 Å². The van der Waals surface area contributed by atoms with E-state index in [1.54, 1.807) is 0 Å². The van der Waals surface area contributed by atoms with E-state index in [0.29, 0.717) is 31.6 Å². The largest absolute Gasteiger partial charge is 0.378 e. The van der Waals surface area contributed by atoms with Gasteiger partial charge in [-0.2, -0.15) is 0 Å². The lowest BCUT2D eigenvalue weighted by Crippen LogP contribution is -2.33. The van der Waals surface area contributed by atoms with Crippen molar-refractivity contribution in [2.45, 2.75) is 92.6 Å². The number of aromatic nitrogens is 1. The second-order valence-electron chi connectivity index (χ2n) is 10.1. The van der Waals surface area contributed by atoms with Crippen molar-refractivity contribution >= 4 is 29.0 Å². The Bertz CT molecular complexity index is 870. The van der Waals surface area contributed by atoms with Crippen molar-refractivity contribution in [2.24, 2.45) is 17.3 Å². The number of aryl methyl sites for hydroxylation is 1. The summed E-state index contributed by atoms with van der Waals surface area (Å²) >= 11 is 1.48. The molecule has 3 atom stereocenters. The number of rotatable bonds is 3. The van der Waals surface area contributed by atoms with E-state index in [1.165, 1.54) is 17.4 Å². The smallest absolute Gasteiger partial charge is 0.141 e. The molecule has 1 aromatic heterocycles. The second kappa shape index (κ2) is 12.7. The summed E-state index contributed by atoms with van der Waals surface area (Å²) in [7, 11) is 0. The van der Waals surface area contributed by atoms with E-state index in [4.69, 9.17) is 4.74 Å². The van der Waals surface area contributed by atoms with E-state index in [9.17, 15) is 9.59 Å². The number of thiazole rings is 1. The van der Waals surface area contributed by atoms with Crippen LogP contribution in [0.25, 0.3) is 6.08 Å². The van der Waals surface area contributed by atoms with Crippen LogP contribution >= 0.6 is 11.3 Å². The van der Waals surface area contributed by atoms with Crippen LogP contribution in [0, 0.1) is 24.2 Å². The highest BCUT2D eigenvalue weighted by molar-refractivity contribution is 7.09. The highest BCUT2D eigenvalue weighted by Gasteiger charge is 2.34. The first kappa shape index (κ1) is 27.6. The van der Waals surface area contributed by atoms with E-state index < -0.39 is 11.3 Å². The summed E-state index contributed by atoms with van der Waals surface area (Å²) in [6, 6.07) is 0. The number of ketones is 2. The molecule has 3 unspecified atom stereocenters. The third-order valence-corrected chi connectivity index (χ3v) is 7.40. The molecule has 0 amide bonds. The second-order valence-corrected chi connectivity index (χ2v) is 11.1. The van der Waals surface area contributed by atoms with Crippen LogP contribution in [0.2, 0.25) is 0 Å². The molecule has 0 radical (unpaired) electrons. The summed E-state index contributed by atoms with van der Waals surface area (Å²) in [5.41, 5.74) is 1.12. The van der Waals surface area contributed by atoms with Gasteiger partial charge >= 0.3 is 0 Å². The van der Waals surface area contributed by atoms with Gasteiger partial charge in [-0.05, 0) is 59.0 Å². The van der Waals surface area contributed by atoms with Crippen molar-refractivity contribution in [2.75, 3.05) is 6.61 Å². The molecule has 0 saturated carbocycles. The first-order valence-electron chi connectivity index (χ1n) is 12.1. The molecule has 0 N–H and O–H groups in total. The van der Waals surface area contributed by atoms with Crippen LogP contribution in [0.1, 0.15) is 90.3 Å². The van der Waals surface area contributed by atoms with E-state index in [2.05, 4.69) is 4.98 Å². The fourth-order valence-corrected chi connectivity index (χ4v) is 4.87. The Morgan fingerprint density at radius 1 is 1.30 bits per heavy atom. The Hall–Kier alpha value is -1.66. The molecule has 0 aliphatic carbocycles. The molecule has 1 aliphatic rings. The van der Waals surface area contributed by atoms with Crippen LogP contribution in [0.5, 0.6) is 0 Å². The summed E-state index contributed by atoms with van der Waals surface area (Å²) in [6.45, 7) is 12.4. The summed E-state index contributed by atoms with van der Waals surface area (Å²) in [5, 5.41) is 2.70. The van der Waals surface area contributed by atoms with Crippen LogP contribution in [-0.4, -0.2) is 29.3 Å². The van der Waals surface area contributed by atoms with Crippen molar-refractivity contribution in [3.63, 3.8) is 0 Å². The van der Waals surface area contributed by atoms with Gasteiger partial charge in [-0.25, -0.2) is 9.37 Å². The minimum atomic E-state index is -0.592. The topological polar surface area (TPSA) is 56.3 Å². The third-order valence-electron chi connectivity index (χ3n) is 6.61. The van der Waals surface area contributed by atoms with Crippen LogP contribution in [0.3, 0.4) is 0 Å². The highest BCUT2D eigenvalue weighted by Crippen LogP contribution is 2.33. The Balaban J connectivity index is 2.25. The van der Waals surface area contributed by atoms with Gasteiger partial charge in [0, 0.05) is 35.5 Å². The Kier molecular flexibility index (Phi) is 10.6. The molecular weight excluding hydrogens is 437 g/mol. The van der Waals surface area contributed by atoms with Crippen molar-refractivity contribution < 1.29 is 18.7 Å². The van der Waals surface area contributed by atoms with E-state index >= 15 is 4.39 Å². The molecule has 2 heterocycles. The molecule has 0 fully saturated rings. The molecule has 0 bridgehead atoms. The Morgan fingerprint density at radius 3 is 2.67 bits per heavy atom. The third kappa shape index (κ3) is 8.90. The summed E-state index contributed by atoms with van der Waals surface area (Å²) in [6.07, 6.45) is 7.03. The van der Waals surface area contributed by atoms with E-state index in [-0.39, 0.29) is 42.3 Å². The average Bonchev–Trinajstić information content (AvgIpc) is 3.16. The zero-order valence-electron chi connectivity index (χ0n) is 21.1. The molecule has 0 saturated heterocycles. The number of carbonyl (C=O) groups is 2. The van der Waals surface area contributed by atoms with Crippen LogP contribution in [0.4, 0.5) is 4.39 Å². The number of hydrogen-bond acceptors (Lipinski definition) is 5. The molecule has 184 valence electrons. The fraction of sp³-hybridized carbons (Fsp3) is 0.667. The van der Waals surface area contributed by atoms with Crippen molar-refractivity contribution in [3.05, 3.63) is 33.6 Å². The molecule has 4 nitrogen and oxygen atoms in total. The lowest BCUT2D eigenvalue weighted by atomic mass is 9.75. The number of ether oxygens (including phenoxy) is 1. The number of allylic oxidation sites excluding steroid dienone is 2. The molecule has 1 aromatic rings. The number of Topliss-reactive ketones (excluding diaryl/α,β-unsaturated/α-hetero) is 2. The van der Waals surface area contributed by atoms with Crippen molar-refractivity contribution in [1.82, 2.24) is 4.98 Å². The van der Waals surface area contributed by atoms with E-state index in [0.717, 1.165) is 23.4 Å². The SMILES string of the molecule is CCC1CC(C)OCCC(C)=CCC(C(F)=Cc2csc(C)n2)CC(=O)CCC(C)(C)C1=O. The standard InChI is InChI=1S/C27H40FNO3S/c1-7-21-14-19(3)32-13-11-18(2)8-9-22(25(28)16-23-17-33-20(4)29-23)15-24(30)10-12-27(5,6)26(21)31/h8,16-17,19,21-22H,7,9-15H2,1-6H3. The summed E-state index contributed by atoms with van der Waals surface area (Å²) in [5.74, 6) is -0.724. The van der Waals surface area contributed by atoms with Gasteiger partial charge < -0.3 is 4.74 Å². The molecule has 2 rings (SSSR count). The predicted octanol–water partition coefficient (Wildman–Crippen LogP) is 7.27. The molecule has 6 heteroatoms. The predicted molar refractivity (Wildman–Crippen MR) is 134 cm³/mol. The van der Waals surface area contributed by atoms with Gasteiger partial charge in [-0.3, -0.25) is 9.59 Å². The number of carbonyl (C=O) groups excluding carboxylic acids is 2. The first-order chi connectivity index (χ1) is 15.5. The summed E-state index contributed by atoms with van der Waals surface area (Å²) in [4.78, 5) is 30.4. The number of hydrogen-bond donors (Lipinski definition) is 0. The van der Waals surface area contributed by atoms with E-state index in [1.807, 2.05) is 53.0 Å². The van der Waals surface area contributed by atoms with Gasteiger partial charge in [0.15, 0.2) is 0 Å². The van der Waals surface area contributed by atoms with Gasteiger partial charge in [0.2, 0.25) is 0 Å². The van der Waals surface area contributed by atoms with Gasteiger partial charge in [0.05, 0.1) is 23.4 Å². The monoisotopic (exact) mass is 477 g/mol. The minimum Gasteiger partial charge on any atom is -0.378 e. The van der Waals surface area contributed by atoms with Gasteiger partial charge in [-0.1, -0.05) is 32.4 Å². The van der Waals surface area contributed by atoms with Crippen LogP contribution in [0.15, 0.2) is 22.9 Å². The highest BCUT2D eigenvalue weighted by atomic mass is 32.1. The van der Waals surface area contributed by atoms with Crippen molar-refractivity contribution in [3.8, 4) is 0 Å². The summed E-state index contributed by atoms with van der Waals surface area (Å²) < 4.78 is 21.2. The molecule has 0 aromatic carbocycles. The maximum absolute atomic E-state index is 15.2. The maximum Gasteiger partial charge on any atom is 0.141 e. The quantitative estimate of drug-likeness (QED) is 0.429. The maximum atomic E-state index is 15.2. The fourth-order valence-electron chi connectivity index (χ4n) is 4.30. The molecule has 0 spiro atoms. The van der Waals surface area contributed by atoms with Crippen molar-refractivity contribution in [1.29, 1.82) is 0 Å². The van der Waals surface area contributed by atoms with Crippen LogP contribution < -0.4 is 0 Å². The zero-order chi connectivity index (χ0) is 24.6. The van der Waals surface area contributed by atoms with Gasteiger partial charge in [-0.15, -0.1) is 11.3 Å². The normalized spacial score (nSPS) is 26.8.